The van der Waals surface area contributed by atoms with Gasteiger partial charge >= 0.3 is 0 Å². The zero-order chi connectivity index (χ0) is 13.3. The Kier molecular flexibility index (Phi) is 3.71. The van der Waals surface area contributed by atoms with Gasteiger partial charge in [-0.25, -0.2) is 8.78 Å². The molecule has 2 rings (SSSR count). The van der Waals surface area contributed by atoms with E-state index in [4.69, 9.17) is 0 Å². The molecule has 1 aliphatic rings. The minimum atomic E-state index is -0.477. The van der Waals surface area contributed by atoms with Crippen molar-refractivity contribution in [2.24, 2.45) is 5.41 Å². The van der Waals surface area contributed by atoms with Crippen LogP contribution in [-0.2, 0) is 0 Å². The summed E-state index contributed by atoms with van der Waals surface area (Å²) in [6.45, 7) is 7.37. The van der Waals surface area contributed by atoms with Crippen molar-refractivity contribution in [3.05, 3.63) is 35.4 Å². The molecule has 3 heteroatoms. The van der Waals surface area contributed by atoms with Crippen molar-refractivity contribution in [1.82, 2.24) is 5.32 Å². The largest absolute Gasteiger partial charge is 0.314 e. The maximum absolute atomic E-state index is 13.3. The van der Waals surface area contributed by atoms with E-state index in [0.29, 0.717) is 6.04 Å². The van der Waals surface area contributed by atoms with Gasteiger partial charge in [-0.1, -0.05) is 20.8 Å². The molecule has 3 atom stereocenters. The van der Waals surface area contributed by atoms with Crippen LogP contribution in [0.15, 0.2) is 18.2 Å². The van der Waals surface area contributed by atoms with E-state index in [2.05, 4.69) is 26.1 Å². The van der Waals surface area contributed by atoms with E-state index in [9.17, 15) is 8.78 Å². The van der Waals surface area contributed by atoms with E-state index in [1.807, 2.05) is 0 Å². The minimum absolute atomic E-state index is 0.0935. The molecule has 1 aromatic rings. The molecule has 0 aromatic heterocycles. The van der Waals surface area contributed by atoms with Gasteiger partial charge in [0.15, 0.2) is 0 Å². The molecule has 0 aliphatic heterocycles. The predicted molar refractivity (Wildman–Crippen MR) is 69.6 cm³/mol. The Balaban J connectivity index is 2.24. The number of benzene rings is 1. The maximum Gasteiger partial charge on any atom is 0.126 e. The SMILES string of the molecule is CCNC1CC(c2cc(F)cc(F)c2)C1(C)CC. The van der Waals surface area contributed by atoms with Gasteiger partial charge in [0.2, 0.25) is 0 Å². The summed E-state index contributed by atoms with van der Waals surface area (Å²) < 4.78 is 26.6. The summed E-state index contributed by atoms with van der Waals surface area (Å²) in [5.41, 5.74) is 0.891. The van der Waals surface area contributed by atoms with Crippen LogP contribution in [-0.4, -0.2) is 12.6 Å². The first-order valence-corrected chi connectivity index (χ1v) is 6.70. The number of nitrogens with one attached hydrogen (secondary N) is 1. The van der Waals surface area contributed by atoms with Crippen molar-refractivity contribution in [2.75, 3.05) is 6.54 Å². The lowest BCUT2D eigenvalue weighted by Gasteiger charge is -2.55. The van der Waals surface area contributed by atoms with Crippen molar-refractivity contribution in [3.63, 3.8) is 0 Å². The van der Waals surface area contributed by atoms with Crippen LogP contribution in [0.3, 0.4) is 0 Å². The van der Waals surface area contributed by atoms with Crippen molar-refractivity contribution < 1.29 is 8.78 Å². The highest BCUT2D eigenvalue weighted by molar-refractivity contribution is 5.29. The highest BCUT2D eigenvalue weighted by Crippen LogP contribution is 2.54. The molecule has 18 heavy (non-hydrogen) atoms. The number of hydrogen-bond acceptors (Lipinski definition) is 1. The molecule has 1 aromatic carbocycles. The smallest absolute Gasteiger partial charge is 0.126 e. The fraction of sp³-hybridized carbons (Fsp3) is 0.600. The molecule has 0 bridgehead atoms. The molecule has 0 heterocycles. The van der Waals surface area contributed by atoms with Crippen molar-refractivity contribution in [1.29, 1.82) is 0 Å². The van der Waals surface area contributed by atoms with E-state index in [1.165, 1.54) is 12.1 Å². The summed E-state index contributed by atoms with van der Waals surface area (Å²) >= 11 is 0. The maximum atomic E-state index is 13.3. The lowest BCUT2D eigenvalue weighted by atomic mass is 9.54. The van der Waals surface area contributed by atoms with Crippen molar-refractivity contribution in [3.8, 4) is 0 Å². The lowest BCUT2D eigenvalue weighted by Crippen LogP contribution is -2.56. The van der Waals surface area contributed by atoms with Gasteiger partial charge in [0.1, 0.15) is 11.6 Å². The number of rotatable bonds is 4. The summed E-state index contributed by atoms with van der Waals surface area (Å²) in [6.07, 6.45) is 1.97. The van der Waals surface area contributed by atoms with Gasteiger partial charge in [-0.05, 0) is 48.4 Å². The fourth-order valence-corrected chi connectivity index (χ4v) is 3.21. The molecule has 1 fully saturated rings. The Hall–Kier alpha value is -0.960. The molecule has 0 saturated heterocycles. The Morgan fingerprint density at radius 1 is 1.22 bits per heavy atom. The molecule has 1 saturated carbocycles. The van der Waals surface area contributed by atoms with Crippen molar-refractivity contribution >= 4 is 0 Å². The third-order valence-electron chi connectivity index (χ3n) is 4.56. The summed E-state index contributed by atoms with van der Waals surface area (Å²) in [7, 11) is 0. The highest BCUT2D eigenvalue weighted by Gasteiger charge is 2.50. The molecule has 1 N–H and O–H groups in total. The molecule has 3 unspecified atom stereocenters. The second-order valence-corrected chi connectivity index (χ2v) is 5.46. The molecule has 100 valence electrons. The Bertz CT molecular complexity index is 412. The Morgan fingerprint density at radius 2 is 1.83 bits per heavy atom. The first kappa shape index (κ1) is 13.5. The summed E-state index contributed by atoms with van der Waals surface area (Å²) in [5, 5.41) is 3.46. The lowest BCUT2D eigenvalue weighted by molar-refractivity contribution is 0.0452. The van der Waals surface area contributed by atoms with Gasteiger partial charge in [-0.15, -0.1) is 0 Å². The third kappa shape index (κ3) is 2.16. The average molecular weight is 253 g/mol. The van der Waals surface area contributed by atoms with Crippen LogP contribution in [0.5, 0.6) is 0 Å². The summed E-state index contributed by atoms with van der Waals surface area (Å²) in [6, 6.07) is 4.34. The van der Waals surface area contributed by atoms with E-state index in [-0.39, 0.29) is 11.3 Å². The second kappa shape index (κ2) is 4.96. The van der Waals surface area contributed by atoms with E-state index >= 15 is 0 Å². The topological polar surface area (TPSA) is 12.0 Å². The molecular weight excluding hydrogens is 232 g/mol. The molecule has 1 nitrogen and oxygen atoms in total. The monoisotopic (exact) mass is 253 g/mol. The predicted octanol–water partition coefficient (Wildman–Crippen LogP) is 3.85. The summed E-state index contributed by atoms with van der Waals surface area (Å²) in [5.74, 6) is -0.706. The molecule has 0 spiro atoms. The van der Waals surface area contributed by atoms with E-state index < -0.39 is 11.6 Å². The number of halogens is 2. The minimum Gasteiger partial charge on any atom is -0.314 e. The van der Waals surface area contributed by atoms with Gasteiger partial charge in [-0.3, -0.25) is 0 Å². The highest BCUT2D eigenvalue weighted by atomic mass is 19.1. The van der Waals surface area contributed by atoms with E-state index in [0.717, 1.165) is 31.0 Å². The van der Waals surface area contributed by atoms with Gasteiger partial charge in [-0.2, -0.15) is 0 Å². The fourth-order valence-electron chi connectivity index (χ4n) is 3.21. The van der Waals surface area contributed by atoms with Crippen LogP contribution in [0.25, 0.3) is 0 Å². The van der Waals surface area contributed by atoms with Crippen LogP contribution < -0.4 is 5.32 Å². The average Bonchev–Trinajstić information content (AvgIpc) is 2.31. The first-order chi connectivity index (χ1) is 8.51. The van der Waals surface area contributed by atoms with Gasteiger partial charge in [0, 0.05) is 12.1 Å². The Morgan fingerprint density at radius 3 is 2.33 bits per heavy atom. The van der Waals surface area contributed by atoms with Crippen LogP contribution in [0, 0.1) is 17.0 Å². The Labute approximate surface area is 108 Å². The van der Waals surface area contributed by atoms with Gasteiger partial charge in [0.05, 0.1) is 0 Å². The van der Waals surface area contributed by atoms with Crippen LogP contribution >= 0.6 is 0 Å². The molecule has 1 aliphatic carbocycles. The van der Waals surface area contributed by atoms with Crippen LogP contribution in [0.4, 0.5) is 8.78 Å². The second-order valence-electron chi connectivity index (χ2n) is 5.46. The van der Waals surface area contributed by atoms with Gasteiger partial charge < -0.3 is 5.32 Å². The van der Waals surface area contributed by atoms with Gasteiger partial charge in [0.25, 0.3) is 0 Å². The third-order valence-corrected chi connectivity index (χ3v) is 4.56. The molecule has 0 amide bonds. The standard InChI is InChI=1S/C15H21F2N/c1-4-15(3)13(9-14(15)18-5-2)10-6-11(16)8-12(17)7-10/h6-8,13-14,18H,4-5,9H2,1-3H3. The normalized spacial score (nSPS) is 31.2. The number of hydrogen-bond donors (Lipinski definition) is 1. The molecule has 0 radical (unpaired) electrons. The van der Waals surface area contributed by atoms with E-state index in [1.54, 1.807) is 0 Å². The summed E-state index contributed by atoms with van der Waals surface area (Å²) in [4.78, 5) is 0. The van der Waals surface area contributed by atoms with Crippen LogP contribution in [0.2, 0.25) is 0 Å². The molecular formula is C15H21F2N. The zero-order valence-electron chi connectivity index (χ0n) is 11.3. The first-order valence-electron chi connectivity index (χ1n) is 6.70. The quantitative estimate of drug-likeness (QED) is 0.859. The van der Waals surface area contributed by atoms with Crippen molar-refractivity contribution in [2.45, 2.75) is 45.6 Å². The van der Waals surface area contributed by atoms with Crippen LogP contribution in [0.1, 0.15) is 45.1 Å². The zero-order valence-corrected chi connectivity index (χ0v) is 11.3.